The fourth-order valence-electron chi connectivity index (χ4n) is 10.4. The Bertz CT molecular complexity index is 4970. The van der Waals surface area contributed by atoms with Gasteiger partial charge in [-0.2, -0.15) is 20.4 Å². The van der Waals surface area contributed by atoms with Gasteiger partial charge >= 0.3 is 17.9 Å². The number of aromatic nitrogens is 16. The summed E-state index contributed by atoms with van der Waals surface area (Å²) in [5.74, 6) is -2.35. The Balaban J connectivity index is 0.000000166. The first-order valence-corrected chi connectivity index (χ1v) is 31.3. The molecule has 8 heterocycles. The van der Waals surface area contributed by atoms with Crippen molar-refractivity contribution in [2.24, 2.45) is 0 Å². The molecule has 0 aliphatic rings. The molecule has 0 fully saturated rings. The molecule has 28 nitrogen and oxygen atoms in total. The summed E-state index contributed by atoms with van der Waals surface area (Å²) in [4.78, 5) is 44.7. The Kier molecular flexibility index (Phi) is 22.5. The van der Waals surface area contributed by atoms with Crippen LogP contribution in [-0.4, -0.2) is 137 Å². The fraction of sp³-hybridized carbons (Fsp3) is 0.294. The van der Waals surface area contributed by atoms with Gasteiger partial charge in [-0.05, 0) is 167 Å². The van der Waals surface area contributed by atoms with Crippen molar-refractivity contribution in [3.05, 3.63) is 180 Å². The van der Waals surface area contributed by atoms with Gasteiger partial charge in [0.2, 0.25) is 0 Å². The van der Waals surface area contributed by atoms with Crippen LogP contribution in [0.4, 0.5) is 0 Å². The SMILES string of the molecule is CCCCOc1ccc(-c2c(C)nn3c(C)c(C(=O)[O-])nnc23)cc1.Cc1nn2c(C)c(C(=O)O)nnc2c1-c1ccc(OC(C)(C)C)cc1.Cc1nn2c(C)c(C(=O)O)nnc2c1-c1ccc(OC(C)C)cc1.Cc1nn2c(C)c(C(=O)O)nnc2c1Cc1ccc(Cl)c(Cl)c1.[NH4+]. The summed E-state index contributed by atoms with van der Waals surface area (Å²) in [5, 5.41) is 88.7. The number of carbonyl (C=O) groups is 4. The van der Waals surface area contributed by atoms with Crippen molar-refractivity contribution in [3.63, 3.8) is 0 Å². The maximum Gasteiger partial charge on any atom is 0.358 e. The van der Waals surface area contributed by atoms with E-state index in [0.717, 1.165) is 97.4 Å². The molecule has 30 heteroatoms. The van der Waals surface area contributed by atoms with Gasteiger partial charge in [0.05, 0.1) is 91.0 Å². The highest BCUT2D eigenvalue weighted by atomic mass is 35.5. The van der Waals surface area contributed by atoms with Crippen molar-refractivity contribution in [3.8, 4) is 50.6 Å². The molecule has 0 bridgehead atoms. The van der Waals surface area contributed by atoms with E-state index in [2.05, 4.69) is 68.1 Å². The van der Waals surface area contributed by atoms with Crippen molar-refractivity contribution in [1.82, 2.24) is 85.4 Å². The summed E-state index contributed by atoms with van der Waals surface area (Å²) in [7, 11) is 0. The van der Waals surface area contributed by atoms with Crippen LogP contribution in [0.15, 0.2) is 91.0 Å². The van der Waals surface area contributed by atoms with Gasteiger partial charge in [-0.1, -0.05) is 79.0 Å². The van der Waals surface area contributed by atoms with Crippen molar-refractivity contribution in [2.75, 3.05) is 6.61 Å². The van der Waals surface area contributed by atoms with Crippen LogP contribution in [0.25, 0.3) is 56.0 Å². The normalized spacial score (nSPS) is 11.2. The van der Waals surface area contributed by atoms with Gasteiger partial charge in [-0.15, -0.1) is 40.8 Å². The highest BCUT2D eigenvalue weighted by Gasteiger charge is 2.24. The van der Waals surface area contributed by atoms with Crippen LogP contribution in [0.2, 0.25) is 10.0 Å². The molecule has 8 aromatic heterocycles. The summed E-state index contributed by atoms with van der Waals surface area (Å²) in [6.45, 7) is 26.8. The summed E-state index contributed by atoms with van der Waals surface area (Å²) >= 11 is 12.0. The first-order chi connectivity index (χ1) is 46.0. The minimum absolute atomic E-state index is 0. The molecular weight excluding hydrogens is 1300 g/mol. The third-order valence-corrected chi connectivity index (χ3v) is 15.8. The van der Waals surface area contributed by atoms with Gasteiger partial charge < -0.3 is 45.6 Å². The molecule has 0 spiro atoms. The Morgan fingerprint density at radius 2 is 0.867 bits per heavy atom. The molecule has 0 amide bonds. The Hall–Kier alpha value is -11.1. The predicted octanol–water partition coefficient (Wildman–Crippen LogP) is 11.8. The monoisotopic (exact) mass is 1370 g/mol. The number of quaternary nitrogens is 1. The molecule has 0 aliphatic heterocycles. The molecule has 510 valence electrons. The van der Waals surface area contributed by atoms with Crippen molar-refractivity contribution < 1.29 is 53.8 Å². The number of rotatable bonds is 16. The van der Waals surface area contributed by atoms with E-state index in [9.17, 15) is 29.4 Å². The number of hydrogen-bond donors (Lipinski definition) is 4. The molecule has 0 aliphatic carbocycles. The summed E-state index contributed by atoms with van der Waals surface area (Å²) in [6.07, 6.45) is 2.76. The lowest BCUT2D eigenvalue weighted by molar-refractivity contribution is -0.255. The molecule has 0 radical (unpaired) electrons. The molecular formula is C68H73Cl2N17O11. The highest BCUT2D eigenvalue weighted by molar-refractivity contribution is 6.42. The van der Waals surface area contributed by atoms with Crippen LogP contribution in [0, 0.1) is 55.4 Å². The standard InChI is InChI=1S/2C18H20N4O3.C17H18N4O3.C15H12Cl2N4O2.H3N/c1-10-14(12-6-8-13(9-7-12)25-18(3,4)5)16-20-19-15(17(23)24)11(2)22(16)21-10;1-4-5-10-25-14-8-6-13(7-9-14)15-11(2)21-22-12(3)16(18(23)24)19-20-17(15)22;1-9(2)24-13-7-5-12(6-8-13)14-10(3)20-21-11(4)15(17(22)23)18-19-16(14)21;1-7-10(5-9-3-4-11(16)12(17)6-9)14-19-18-13(15(22)23)8(2)21(14)20-7;/h6-9H,1-5H3,(H,23,24);6-9H,4-5,10H2,1-3H3,(H,23,24);5-9H,1-4H3,(H,22,23);3-4,6H,5H2,1-2H3,(H,22,23);1H3. The smallest absolute Gasteiger partial charge is 0.358 e. The topological polar surface area (TPSA) is 389 Å². The van der Waals surface area contributed by atoms with Gasteiger partial charge in [-0.25, -0.2) is 32.4 Å². The lowest BCUT2D eigenvalue weighted by atomic mass is 10.1. The predicted molar refractivity (Wildman–Crippen MR) is 364 cm³/mol. The largest absolute Gasteiger partial charge is 0.543 e. The van der Waals surface area contributed by atoms with Gasteiger partial charge in [0.25, 0.3) is 0 Å². The average Bonchev–Trinajstić information content (AvgIpc) is 1.63. The van der Waals surface area contributed by atoms with E-state index < -0.39 is 23.9 Å². The highest BCUT2D eigenvalue weighted by Crippen LogP contribution is 2.34. The number of benzene rings is 4. The van der Waals surface area contributed by atoms with Gasteiger partial charge in [-0.3, -0.25) is 0 Å². The second kappa shape index (κ2) is 30.3. The van der Waals surface area contributed by atoms with E-state index in [1.165, 1.54) is 18.1 Å². The number of carboxylic acid groups (broad SMARTS) is 4. The van der Waals surface area contributed by atoms with Crippen LogP contribution in [-0.2, 0) is 6.42 Å². The van der Waals surface area contributed by atoms with Crippen LogP contribution >= 0.6 is 23.2 Å². The van der Waals surface area contributed by atoms with E-state index in [1.54, 1.807) is 39.8 Å². The van der Waals surface area contributed by atoms with E-state index in [0.29, 0.717) is 68.4 Å². The maximum atomic E-state index is 11.2. The van der Waals surface area contributed by atoms with E-state index >= 15 is 0 Å². The molecule has 0 unspecified atom stereocenters. The van der Waals surface area contributed by atoms with Crippen LogP contribution in [0.1, 0.15) is 153 Å². The van der Waals surface area contributed by atoms with E-state index in [1.807, 2.05) is 141 Å². The third-order valence-electron chi connectivity index (χ3n) is 15.0. The lowest BCUT2D eigenvalue weighted by Gasteiger charge is -2.21. The maximum absolute atomic E-state index is 11.2. The second-order valence-corrected chi connectivity index (χ2v) is 24.5. The van der Waals surface area contributed by atoms with Crippen molar-refractivity contribution >= 4 is 69.7 Å². The Labute approximate surface area is 571 Å². The van der Waals surface area contributed by atoms with Crippen molar-refractivity contribution in [1.29, 1.82) is 0 Å². The Morgan fingerprint density at radius 3 is 1.24 bits per heavy atom. The Morgan fingerprint density at radius 1 is 0.500 bits per heavy atom. The van der Waals surface area contributed by atoms with Crippen LogP contribution in [0.5, 0.6) is 17.2 Å². The van der Waals surface area contributed by atoms with Crippen molar-refractivity contribution in [2.45, 2.75) is 128 Å². The minimum atomic E-state index is -1.37. The number of hydrogen-bond acceptors (Lipinski definition) is 20. The lowest BCUT2D eigenvalue weighted by Crippen LogP contribution is -2.26. The second-order valence-electron chi connectivity index (χ2n) is 23.7. The molecule has 0 saturated carbocycles. The number of aryl methyl sites for hydroxylation is 8. The van der Waals surface area contributed by atoms with Gasteiger partial charge in [0.1, 0.15) is 28.5 Å². The molecule has 7 N–H and O–H groups in total. The fourth-order valence-corrected chi connectivity index (χ4v) is 10.7. The number of carbonyl (C=O) groups excluding carboxylic acids is 1. The summed E-state index contributed by atoms with van der Waals surface area (Å²) < 4.78 is 23.2. The molecule has 0 saturated heterocycles. The molecule has 12 rings (SSSR count). The number of unbranched alkanes of at least 4 members (excludes halogenated alkanes) is 1. The zero-order valence-corrected chi connectivity index (χ0v) is 58.1. The van der Waals surface area contributed by atoms with Crippen LogP contribution in [0.3, 0.4) is 0 Å². The molecule has 4 aromatic carbocycles. The van der Waals surface area contributed by atoms with Crippen LogP contribution < -0.4 is 25.5 Å². The number of fused-ring (bicyclic) bond motifs is 4. The third kappa shape index (κ3) is 15.9. The first-order valence-electron chi connectivity index (χ1n) is 30.5. The average molecular weight is 1380 g/mol. The quantitative estimate of drug-likeness (QED) is 0.0653. The first kappa shape index (κ1) is 72.7. The zero-order valence-electron chi connectivity index (χ0n) is 56.6. The number of nitrogens with zero attached hydrogens (tertiary/aromatic N) is 16. The van der Waals surface area contributed by atoms with Gasteiger partial charge in [0, 0.05) is 12.0 Å². The number of ether oxygens (including phenoxy) is 3. The number of aromatic carboxylic acids is 4. The number of carboxylic acids is 4. The molecule has 98 heavy (non-hydrogen) atoms. The summed E-state index contributed by atoms with van der Waals surface area (Å²) in [5.41, 5.74) is 13.1. The molecule has 12 aromatic rings. The number of halogens is 2. The zero-order chi connectivity index (χ0) is 70.5. The molecule has 0 atom stereocenters. The minimum Gasteiger partial charge on any atom is -0.543 e. The summed E-state index contributed by atoms with van der Waals surface area (Å²) in [6, 6.07) is 28.4. The van der Waals surface area contributed by atoms with E-state index in [-0.39, 0.29) is 40.6 Å². The van der Waals surface area contributed by atoms with E-state index in [4.69, 9.17) is 47.6 Å². The van der Waals surface area contributed by atoms with Gasteiger partial charge in [0.15, 0.2) is 39.7 Å².